The molecule has 0 spiro atoms. The van der Waals surface area contributed by atoms with Crippen LogP contribution in [0.4, 0.5) is 0 Å². The average Bonchev–Trinajstić information content (AvgIpc) is 3.22. The van der Waals surface area contributed by atoms with Crippen LogP contribution in [0.1, 0.15) is 44.2 Å². The highest BCUT2D eigenvalue weighted by Crippen LogP contribution is 2.29. The molecule has 1 N–H and O–H groups in total. The second kappa shape index (κ2) is 7.47. The van der Waals surface area contributed by atoms with Gasteiger partial charge in [0.1, 0.15) is 0 Å². The second-order valence-corrected chi connectivity index (χ2v) is 6.03. The highest BCUT2D eigenvalue weighted by Gasteiger charge is 2.29. The molecule has 0 amide bonds. The summed E-state index contributed by atoms with van der Waals surface area (Å²) < 4.78 is 0. The third-order valence-corrected chi connectivity index (χ3v) is 3.45. The number of hydrogen-bond acceptors (Lipinski definition) is 2. The van der Waals surface area contributed by atoms with E-state index in [2.05, 4.69) is 48.8 Å². The predicted octanol–water partition coefficient (Wildman–Crippen LogP) is 3.04. The van der Waals surface area contributed by atoms with Crippen molar-refractivity contribution in [3.63, 3.8) is 0 Å². The SMILES string of the molecule is CC(C)CN(Cc1cccc(C#CCCO)c1)C1CC1. The lowest BCUT2D eigenvalue weighted by Gasteiger charge is -2.24. The number of rotatable bonds is 6. The van der Waals surface area contributed by atoms with Gasteiger partial charge in [-0.05, 0) is 36.5 Å². The molecule has 1 aromatic carbocycles. The average molecular weight is 271 g/mol. The Bertz CT molecular complexity index is 480. The number of aliphatic hydroxyl groups excluding tert-OH is 1. The Balaban J connectivity index is 2.01. The number of nitrogens with zero attached hydrogens (tertiary/aromatic N) is 1. The fourth-order valence-corrected chi connectivity index (χ4v) is 2.45. The molecule has 2 nitrogen and oxygen atoms in total. The molecule has 2 rings (SSSR count). The molecule has 0 aliphatic heterocycles. The minimum Gasteiger partial charge on any atom is -0.395 e. The molecule has 0 saturated heterocycles. The maximum Gasteiger partial charge on any atom is 0.0540 e. The Hall–Kier alpha value is -1.30. The Labute approximate surface area is 122 Å². The largest absolute Gasteiger partial charge is 0.395 e. The first-order valence-corrected chi connectivity index (χ1v) is 7.61. The molecule has 20 heavy (non-hydrogen) atoms. The van der Waals surface area contributed by atoms with Gasteiger partial charge in [0.15, 0.2) is 0 Å². The van der Waals surface area contributed by atoms with Gasteiger partial charge in [0.2, 0.25) is 0 Å². The highest BCUT2D eigenvalue weighted by molar-refractivity contribution is 5.37. The van der Waals surface area contributed by atoms with Crippen molar-refractivity contribution >= 4 is 0 Å². The number of aliphatic hydroxyl groups is 1. The normalized spacial score (nSPS) is 14.4. The maximum absolute atomic E-state index is 8.76. The molecule has 108 valence electrons. The first-order chi connectivity index (χ1) is 9.69. The van der Waals surface area contributed by atoms with Crippen molar-refractivity contribution < 1.29 is 5.11 Å². The monoisotopic (exact) mass is 271 g/mol. The van der Waals surface area contributed by atoms with Gasteiger partial charge in [0.25, 0.3) is 0 Å². The van der Waals surface area contributed by atoms with E-state index in [1.54, 1.807) is 0 Å². The van der Waals surface area contributed by atoms with Crippen LogP contribution in [0.15, 0.2) is 24.3 Å². The molecule has 0 bridgehead atoms. The molecule has 1 aromatic rings. The van der Waals surface area contributed by atoms with E-state index in [0.29, 0.717) is 12.3 Å². The van der Waals surface area contributed by atoms with Crippen LogP contribution in [0.3, 0.4) is 0 Å². The van der Waals surface area contributed by atoms with Crippen molar-refractivity contribution in [3.8, 4) is 11.8 Å². The third kappa shape index (κ3) is 5.00. The second-order valence-electron chi connectivity index (χ2n) is 6.03. The van der Waals surface area contributed by atoms with Crippen LogP contribution < -0.4 is 0 Å². The lowest BCUT2D eigenvalue weighted by molar-refractivity contribution is 0.226. The van der Waals surface area contributed by atoms with Crippen molar-refractivity contribution in [2.24, 2.45) is 5.92 Å². The molecule has 0 atom stereocenters. The minimum absolute atomic E-state index is 0.135. The van der Waals surface area contributed by atoms with Crippen LogP contribution in [-0.2, 0) is 6.54 Å². The van der Waals surface area contributed by atoms with Crippen LogP contribution in [0.2, 0.25) is 0 Å². The Morgan fingerprint density at radius 2 is 2.15 bits per heavy atom. The van der Waals surface area contributed by atoms with Gasteiger partial charge in [-0.25, -0.2) is 0 Å². The molecule has 1 aliphatic carbocycles. The lowest BCUT2D eigenvalue weighted by Crippen LogP contribution is -2.29. The predicted molar refractivity (Wildman–Crippen MR) is 83.3 cm³/mol. The molecule has 2 heteroatoms. The third-order valence-electron chi connectivity index (χ3n) is 3.45. The van der Waals surface area contributed by atoms with Gasteiger partial charge in [-0.15, -0.1) is 0 Å². The summed E-state index contributed by atoms with van der Waals surface area (Å²) in [6.45, 7) is 6.90. The van der Waals surface area contributed by atoms with Crippen LogP contribution >= 0.6 is 0 Å². The standard InChI is InChI=1S/C18H25NO/c1-15(2)13-19(18-9-10-18)14-17-8-5-7-16(12-17)6-3-4-11-20/h5,7-8,12,15,18,20H,4,9-11,13-14H2,1-2H3. The molecule has 0 heterocycles. The summed E-state index contributed by atoms with van der Waals surface area (Å²) >= 11 is 0. The Morgan fingerprint density at radius 1 is 1.35 bits per heavy atom. The summed E-state index contributed by atoms with van der Waals surface area (Å²) in [7, 11) is 0. The van der Waals surface area contributed by atoms with Crippen molar-refractivity contribution in [1.82, 2.24) is 4.90 Å². The van der Waals surface area contributed by atoms with E-state index in [1.807, 2.05) is 6.07 Å². The summed E-state index contributed by atoms with van der Waals surface area (Å²) in [4.78, 5) is 2.60. The lowest BCUT2D eigenvalue weighted by atomic mass is 10.1. The molecule has 0 radical (unpaired) electrons. The van der Waals surface area contributed by atoms with E-state index in [4.69, 9.17) is 5.11 Å². The summed E-state index contributed by atoms with van der Waals surface area (Å²) in [6.07, 6.45) is 3.25. The van der Waals surface area contributed by atoms with E-state index in [1.165, 1.54) is 24.9 Å². The zero-order chi connectivity index (χ0) is 14.4. The molecule has 0 unspecified atom stereocenters. The van der Waals surface area contributed by atoms with Gasteiger partial charge >= 0.3 is 0 Å². The van der Waals surface area contributed by atoms with Crippen molar-refractivity contribution in [2.45, 2.75) is 45.7 Å². The smallest absolute Gasteiger partial charge is 0.0540 e. The fourth-order valence-electron chi connectivity index (χ4n) is 2.45. The van der Waals surface area contributed by atoms with Crippen molar-refractivity contribution in [1.29, 1.82) is 0 Å². The van der Waals surface area contributed by atoms with E-state index in [-0.39, 0.29) is 6.61 Å². The molecule has 1 aliphatic rings. The number of benzene rings is 1. The van der Waals surface area contributed by atoms with E-state index in [9.17, 15) is 0 Å². The summed E-state index contributed by atoms with van der Waals surface area (Å²) in [5.41, 5.74) is 2.39. The summed E-state index contributed by atoms with van der Waals surface area (Å²) in [6, 6.07) is 9.28. The van der Waals surface area contributed by atoms with E-state index in [0.717, 1.165) is 18.2 Å². The van der Waals surface area contributed by atoms with Crippen LogP contribution in [0, 0.1) is 17.8 Å². The van der Waals surface area contributed by atoms with Gasteiger partial charge in [-0.1, -0.05) is 37.8 Å². The van der Waals surface area contributed by atoms with Gasteiger partial charge in [-0.2, -0.15) is 0 Å². The van der Waals surface area contributed by atoms with E-state index >= 15 is 0 Å². The van der Waals surface area contributed by atoms with Crippen molar-refractivity contribution in [3.05, 3.63) is 35.4 Å². The first-order valence-electron chi connectivity index (χ1n) is 7.61. The van der Waals surface area contributed by atoms with Gasteiger partial charge < -0.3 is 5.11 Å². The zero-order valence-corrected chi connectivity index (χ0v) is 12.6. The van der Waals surface area contributed by atoms with Crippen LogP contribution in [0.5, 0.6) is 0 Å². The molecule has 1 fully saturated rings. The van der Waals surface area contributed by atoms with Gasteiger partial charge in [-0.3, -0.25) is 4.90 Å². The van der Waals surface area contributed by atoms with Crippen molar-refractivity contribution in [2.75, 3.05) is 13.2 Å². The Kier molecular flexibility index (Phi) is 5.64. The molecule has 0 aromatic heterocycles. The Morgan fingerprint density at radius 3 is 2.80 bits per heavy atom. The van der Waals surface area contributed by atoms with Gasteiger partial charge in [0.05, 0.1) is 6.61 Å². The van der Waals surface area contributed by atoms with Gasteiger partial charge in [0, 0.05) is 31.1 Å². The first kappa shape index (κ1) is 15.1. The number of hydrogen-bond donors (Lipinski definition) is 1. The molecule has 1 saturated carbocycles. The zero-order valence-electron chi connectivity index (χ0n) is 12.6. The maximum atomic E-state index is 8.76. The highest BCUT2D eigenvalue weighted by atomic mass is 16.2. The summed E-state index contributed by atoms with van der Waals surface area (Å²) in [5.74, 6) is 6.81. The molecular formula is C18H25NO. The topological polar surface area (TPSA) is 23.5 Å². The fraction of sp³-hybridized carbons (Fsp3) is 0.556. The minimum atomic E-state index is 0.135. The van der Waals surface area contributed by atoms with E-state index < -0.39 is 0 Å². The van der Waals surface area contributed by atoms with Crippen LogP contribution in [0.25, 0.3) is 0 Å². The van der Waals surface area contributed by atoms with Crippen LogP contribution in [-0.4, -0.2) is 29.2 Å². The molecular weight excluding hydrogens is 246 g/mol. The summed E-state index contributed by atoms with van der Waals surface area (Å²) in [5, 5.41) is 8.76. The quantitative estimate of drug-likeness (QED) is 0.804.